The van der Waals surface area contributed by atoms with Crippen molar-refractivity contribution in [2.24, 2.45) is 0 Å². The molecule has 0 saturated carbocycles. The Labute approximate surface area is 147 Å². The van der Waals surface area contributed by atoms with E-state index in [9.17, 15) is 0 Å². The summed E-state index contributed by atoms with van der Waals surface area (Å²) in [5.74, 6) is 1.33. The van der Waals surface area contributed by atoms with Crippen molar-refractivity contribution in [3.8, 4) is 28.5 Å². The number of rotatable bonds is 3. The summed E-state index contributed by atoms with van der Waals surface area (Å²) in [4.78, 5) is 20.9. The van der Waals surface area contributed by atoms with Crippen molar-refractivity contribution in [3.05, 3.63) is 49.1 Å². The number of H-pyrrole nitrogens is 2. The maximum absolute atomic E-state index is 5.25. The van der Waals surface area contributed by atoms with Gasteiger partial charge in [-0.15, -0.1) is 0 Å². The number of nitrogens with one attached hydrogen (secondary N) is 2. The lowest BCUT2D eigenvalue weighted by atomic mass is 10.1. The van der Waals surface area contributed by atoms with Crippen LogP contribution in [-0.4, -0.2) is 42.2 Å². The highest BCUT2D eigenvalue weighted by molar-refractivity contribution is 5.91. The van der Waals surface area contributed by atoms with Gasteiger partial charge in [-0.2, -0.15) is 5.10 Å². The van der Waals surface area contributed by atoms with Gasteiger partial charge in [0.05, 0.1) is 36.2 Å². The number of hydrogen-bond acceptors (Lipinski definition) is 6. The first-order valence-corrected chi connectivity index (χ1v) is 7.96. The first-order valence-electron chi connectivity index (χ1n) is 7.96. The zero-order valence-corrected chi connectivity index (χ0v) is 13.8. The number of imidazole rings is 1. The van der Waals surface area contributed by atoms with E-state index < -0.39 is 0 Å². The summed E-state index contributed by atoms with van der Waals surface area (Å²) in [7, 11) is 1.61. The number of aromatic amines is 2. The fraction of sp³-hybridized carbons (Fsp3) is 0.0556. The molecule has 0 atom stereocenters. The third-order valence-electron chi connectivity index (χ3n) is 4.16. The molecule has 0 amide bonds. The SMILES string of the molecule is COc1cncc(-c2ccc3[nH]nc(-c4nc5cnccc5[nH]4)c3n2)c1. The third-order valence-corrected chi connectivity index (χ3v) is 4.16. The summed E-state index contributed by atoms with van der Waals surface area (Å²) in [5, 5.41) is 7.39. The molecule has 0 radical (unpaired) electrons. The van der Waals surface area contributed by atoms with Gasteiger partial charge in [-0.25, -0.2) is 9.97 Å². The van der Waals surface area contributed by atoms with E-state index in [0.29, 0.717) is 17.3 Å². The summed E-state index contributed by atoms with van der Waals surface area (Å²) in [6.07, 6.45) is 6.85. The highest BCUT2D eigenvalue weighted by Gasteiger charge is 2.15. The molecular weight excluding hydrogens is 330 g/mol. The fourth-order valence-electron chi connectivity index (χ4n) is 2.86. The van der Waals surface area contributed by atoms with Crippen LogP contribution in [0.2, 0.25) is 0 Å². The number of aromatic nitrogens is 7. The maximum Gasteiger partial charge on any atom is 0.161 e. The molecule has 5 heterocycles. The normalized spacial score (nSPS) is 11.3. The average Bonchev–Trinajstić information content (AvgIpc) is 3.31. The van der Waals surface area contributed by atoms with Gasteiger partial charge in [-0.05, 0) is 24.3 Å². The van der Waals surface area contributed by atoms with Gasteiger partial charge in [-0.1, -0.05) is 0 Å². The average molecular weight is 343 g/mol. The van der Waals surface area contributed by atoms with Crippen molar-refractivity contribution in [2.75, 3.05) is 7.11 Å². The van der Waals surface area contributed by atoms with Crippen molar-refractivity contribution in [2.45, 2.75) is 0 Å². The number of methoxy groups -OCH3 is 1. The first-order chi connectivity index (χ1) is 12.8. The molecule has 0 saturated heterocycles. The van der Waals surface area contributed by atoms with Crippen LogP contribution in [0, 0.1) is 0 Å². The van der Waals surface area contributed by atoms with Gasteiger partial charge in [0, 0.05) is 18.0 Å². The van der Waals surface area contributed by atoms with E-state index in [0.717, 1.165) is 33.3 Å². The standard InChI is InChI=1S/C18H13N7O/c1-26-11-6-10(7-20-8-11)12-2-3-14-16(21-12)17(25-24-14)18-22-13-4-5-19-9-15(13)23-18/h2-9H,1H3,(H,22,23)(H,24,25). The van der Waals surface area contributed by atoms with Crippen LogP contribution in [-0.2, 0) is 0 Å². The molecule has 8 heteroatoms. The molecule has 5 aromatic rings. The molecule has 0 unspecified atom stereocenters. The van der Waals surface area contributed by atoms with Crippen molar-refractivity contribution in [1.29, 1.82) is 0 Å². The van der Waals surface area contributed by atoms with E-state index in [1.54, 1.807) is 31.9 Å². The number of hydrogen-bond donors (Lipinski definition) is 2. The smallest absolute Gasteiger partial charge is 0.161 e. The van der Waals surface area contributed by atoms with E-state index in [1.807, 2.05) is 24.3 Å². The number of pyridine rings is 3. The minimum absolute atomic E-state index is 0.646. The molecule has 26 heavy (non-hydrogen) atoms. The molecular formula is C18H13N7O. The number of nitrogens with zero attached hydrogens (tertiary/aromatic N) is 5. The molecule has 8 nitrogen and oxygen atoms in total. The molecule has 0 aliphatic rings. The van der Waals surface area contributed by atoms with Gasteiger partial charge in [0.2, 0.25) is 0 Å². The molecule has 0 aromatic carbocycles. The summed E-state index contributed by atoms with van der Waals surface area (Å²) in [6, 6.07) is 7.64. The monoisotopic (exact) mass is 343 g/mol. The molecule has 0 fully saturated rings. The van der Waals surface area contributed by atoms with Crippen LogP contribution in [0.5, 0.6) is 5.75 Å². The van der Waals surface area contributed by atoms with Crippen LogP contribution < -0.4 is 4.74 Å². The van der Waals surface area contributed by atoms with E-state index >= 15 is 0 Å². The van der Waals surface area contributed by atoms with Gasteiger partial charge in [0.15, 0.2) is 11.5 Å². The maximum atomic E-state index is 5.25. The highest BCUT2D eigenvalue weighted by Crippen LogP contribution is 2.28. The minimum Gasteiger partial charge on any atom is -0.495 e. The highest BCUT2D eigenvalue weighted by atomic mass is 16.5. The third kappa shape index (κ3) is 2.27. The van der Waals surface area contributed by atoms with Crippen LogP contribution in [0.3, 0.4) is 0 Å². The van der Waals surface area contributed by atoms with Crippen LogP contribution >= 0.6 is 0 Å². The van der Waals surface area contributed by atoms with E-state index in [1.165, 1.54) is 0 Å². The zero-order valence-electron chi connectivity index (χ0n) is 13.8. The minimum atomic E-state index is 0.646. The molecule has 0 bridgehead atoms. The van der Waals surface area contributed by atoms with Crippen LogP contribution in [0.25, 0.3) is 44.8 Å². The first kappa shape index (κ1) is 14.5. The van der Waals surface area contributed by atoms with E-state index in [4.69, 9.17) is 9.72 Å². The van der Waals surface area contributed by atoms with Gasteiger partial charge < -0.3 is 9.72 Å². The lowest BCUT2D eigenvalue weighted by molar-refractivity contribution is 0.413. The van der Waals surface area contributed by atoms with Crippen LogP contribution in [0.1, 0.15) is 0 Å². The fourth-order valence-corrected chi connectivity index (χ4v) is 2.86. The lowest BCUT2D eigenvalue weighted by Crippen LogP contribution is -1.89. The Morgan fingerprint density at radius 3 is 2.81 bits per heavy atom. The largest absolute Gasteiger partial charge is 0.495 e. The van der Waals surface area contributed by atoms with E-state index in [2.05, 4.69) is 30.1 Å². The van der Waals surface area contributed by atoms with Crippen molar-refractivity contribution < 1.29 is 4.74 Å². The summed E-state index contributed by atoms with van der Waals surface area (Å²) < 4.78 is 5.25. The van der Waals surface area contributed by atoms with Crippen LogP contribution in [0.15, 0.2) is 49.1 Å². The summed E-state index contributed by atoms with van der Waals surface area (Å²) >= 11 is 0. The second-order valence-electron chi connectivity index (χ2n) is 5.76. The van der Waals surface area contributed by atoms with Gasteiger partial charge in [-0.3, -0.25) is 15.1 Å². The number of ether oxygens (including phenoxy) is 1. The van der Waals surface area contributed by atoms with Crippen LogP contribution in [0.4, 0.5) is 0 Å². The Morgan fingerprint density at radius 1 is 0.962 bits per heavy atom. The second-order valence-corrected chi connectivity index (χ2v) is 5.76. The predicted molar refractivity (Wildman–Crippen MR) is 96.6 cm³/mol. The lowest BCUT2D eigenvalue weighted by Gasteiger charge is -2.03. The Hall–Kier alpha value is -3.81. The zero-order chi connectivity index (χ0) is 17.5. The van der Waals surface area contributed by atoms with E-state index in [-0.39, 0.29) is 0 Å². The Morgan fingerprint density at radius 2 is 1.92 bits per heavy atom. The Bertz CT molecular complexity index is 1210. The quantitative estimate of drug-likeness (QED) is 0.522. The predicted octanol–water partition coefficient (Wildman–Crippen LogP) is 2.97. The topological polar surface area (TPSA) is 105 Å². The summed E-state index contributed by atoms with van der Waals surface area (Å²) in [6.45, 7) is 0. The summed E-state index contributed by atoms with van der Waals surface area (Å²) in [5.41, 5.74) is 5.56. The van der Waals surface area contributed by atoms with Crippen molar-refractivity contribution in [1.82, 2.24) is 35.1 Å². The van der Waals surface area contributed by atoms with Gasteiger partial charge in [0.1, 0.15) is 16.8 Å². The second kappa shape index (κ2) is 5.62. The molecule has 5 rings (SSSR count). The molecule has 2 N–H and O–H groups in total. The molecule has 0 spiro atoms. The number of fused-ring (bicyclic) bond motifs is 2. The molecule has 0 aliphatic carbocycles. The molecule has 5 aromatic heterocycles. The van der Waals surface area contributed by atoms with Crippen molar-refractivity contribution >= 4 is 22.1 Å². The van der Waals surface area contributed by atoms with Crippen molar-refractivity contribution in [3.63, 3.8) is 0 Å². The Balaban J connectivity index is 1.67. The van der Waals surface area contributed by atoms with Gasteiger partial charge >= 0.3 is 0 Å². The molecule has 126 valence electrons. The molecule has 0 aliphatic heterocycles. The Kier molecular flexibility index (Phi) is 3.14. The van der Waals surface area contributed by atoms with Gasteiger partial charge in [0.25, 0.3) is 0 Å².